The maximum atomic E-state index is 12.7. The second-order valence-corrected chi connectivity index (χ2v) is 8.72. The molecule has 0 saturated carbocycles. The molecule has 2 rings (SSSR count). The SMILES string of the molecule is COc1ccc(S(=O)(=O)N2CCC(C(=O)NC(C)C(C)C(=O)O)CC2)cc1. The third-order valence-corrected chi connectivity index (χ3v) is 6.94. The van der Waals surface area contributed by atoms with Crippen molar-refractivity contribution < 1.29 is 27.9 Å². The summed E-state index contributed by atoms with van der Waals surface area (Å²) in [5, 5.41) is 11.7. The fourth-order valence-electron chi connectivity index (χ4n) is 2.94. The lowest BCUT2D eigenvalue weighted by molar-refractivity contribution is -0.142. The van der Waals surface area contributed by atoms with E-state index in [-0.39, 0.29) is 29.8 Å². The third-order valence-electron chi connectivity index (χ3n) is 5.03. The van der Waals surface area contributed by atoms with Crippen molar-refractivity contribution >= 4 is 21.9 Å². The summed E-state index contributed by atoms with van der Waals surface area (Å²) in [6.07, 6.45) is 0.796. The van der Waals surface area contributed by atoms with E-state index in [1.54, 1.807) is 19.1 Å². The van der Waals surface area contributed by atoms with Gasteiger partial charge in [0.2, 0.25) is 15.9 Å². The summed E-state index contributed by atoms with van der Waals surface area (Å²) in [5.74, 6) is -1.63. The lowest BCUT2D eigenvalue weighted by Gasteiger charge is -2.31. The van der Waals surface area contributed by atoms with Gasteiger partial charge in [-0.3, -0.25) is 9.59 Å². The van der Waals surface area contributed by atoms with Crippen LogP contribution in [0.1, 0.15) is 26.7 Å². The number of rotatable bonds is 7. The van der Waals surface area contributed by atoms with Crippen LogP contribution in [-0.2, 0) is 19.6 Å². The van der Waals surface area contributed by atoms with Gasteiger partial charge in [-0.05, 0) is 51.0 Å². The molecule has 0 radical (unpaired) electrons. The molecule has 2 N–H and O–H groups in total. The molecule has 1 heterocycles. The molecular formula is C18H26N2O6S. The minimum atomic E-state index is -3.62. The van der Waals surface area contributed by atoms with E-state index in [9.17, 15) is 18.0 Å². The van der Waals surface area contributed by atoms with Gasteiger partial charge in [-0.2, -0.15) is 4.31 Å². The third kappa shape index (κ3) is 4.98. The molecule has 0 bridgehead atoms. The van der Waals surface area contributed by atoms with E-state index < -0.39 is 28.0 Å². The Bertz CT molecular complexity index is 770. The molecule has 1 aromatic rings. The van der Waals surface area contributed by atoms with Gasteiger partial charge in [0.1, 0.15) is 5.75 Å². The Morgan fingerprint density at radius 3 is 2.22 bits per heavy atom. The van der Waals surface area contributed by atoms with Gasteiger partial charge in [-0.15, -0.1) is 0 Å². The van der Waals surface area contributed by atoms with E-state index in [1.165, 1.54) is 30.5 Å². The van der Waals surface area contributed by atoms with Gasteiger partial charge in [0.25, 0.3) is 0 Å². The first-order chi connectivity index (χ1) is 12.7. The molecule has 1 aromatic carbocycles. The van der Waals surface area contributed by atoms with Crippen molar-refractivity contribution in [3.8, 4) is 5.75 Å². The zero-order valence-electron chi connectivity index (χ0n) is 15.7. The van der Waals surface area contributed by atoms with Crippen LogP contribution >= 0.6 is 0 Å². The molecule has 0 spiro atoms. The number of carboxylic acids is 1. The smallest absolute Gasteiger partial charge is 0.308 e. The first-order valence-electron chi connectivity index (χ1n) is 8.84. The van der Waals surface area contributed by atoms with Gasteiger partial charge < -0.3 is 15.2 Å². The van der Waals surface area contributed by atoms with Crippen molar-refractivity contribution in [3.05, 3.63) is 24.3 Å². The number of nitrogens with one attached hydrogen (secondary N) is 1. The molecule has 1 aliphatic heterocycles. The molecule has 0 aliphatic carbocycles. The summed E-state index contributed by atoms with van der Waals surface area (Å²) in [4.78, 5) is 23.5. The Balaban J connectivity index is 1.95. The topological polar surface area (TPSA) is 113 Å². The fraction of sp³-hybridized carbons (Fsp3) is 0.556. The quantitative estimate of drug-likeness (QED) is 0.716. The number of carbonyl (C=O) groups excluding carboxylic acids is 1. The standard InChI is InChI=1S/C18H26N2O6S/c1-12(18(22)23)13(2)19-17(21)14-8-10-20(11-9-14)27(24,25)16-6-4-15(26-3)5-7-16/h4-7,12-14H,8-11H2,1-3H3,(H,19,21)(H,22,23). The summed E-state index contributed by atoms with van der Waals surface area (Å²) in [7, 11) is -2.10. The molecule has 2 atom stereocenters. The summed E-state index contributed by atoms with van der Waals surface area (Å²) in [6.45, 7) is 3.68. The molecular weight excluding hydrogens is 372 g/mol. The van der Waals surface area contributed by atoms with Crippen molar-refractivity contribution in [1.29, 1.82) is 0 Å². The van der Waals surface area contributed by atoms with Gasteiger partial charge in [-0.1, -0.05) is 0 Å². The summed E-state index contributed by atoms with van der Waals surface area (Å²) >= 11 is 0. The van der Waals surface area contributed by atoms with Crippen LogP contribution in [0.2, 0.25) is 0 Å². The number of sulfonamides is 1. The van der Waals surface area contributed by atoms with Gasteiger partial charge in [0.05, 0.1) is 17.9 Å². The molecule has 1 saturated heterocycles. The van der Waals surface area contributed by atoms with E-state index in [4.69, 9.17) is 9.84 Å². The maximum absolute atomic E-state index is 12.7. The molecule has 2 unspecified atom stereocenters. The molecule has 1 amide bonds. The Morgan fingerprint density at radius 2 is 1.74 bits per heavy atom. The van der Waals surface area contributed by atoms with Gasteiger partial charge in [0.15, 0.2) is 0 Å². The molecule has 1 fully saturated rings. The zero-order chi connectivity index (χ0) is 20.2. The normalized spacial score (nSPS) is 18.5. The number of hydrogen-bond donors (Lipinski definition) is 2. The predicted octanol–water partition coefficient (Wildman–Crippen LogP) is 1.32. The number of nitrogens with zero attached hydrogens (tertiary/aromatic N) is 1. The van der Waals surface area contributed by atoms with Crippen LogP contribution in [0.3, 0.4) is 0 Å². The van der Waals surface area contributed by atoms with Crippen LogP contribution in [0.15, 0.2) is 29.2 Å². The Kier molecular flexibility index (Phi) is 6.83. The fourth-order valence-corrected chi connectivity index (χ4v) is 4.41. The summed E-state index contributed by atoms with van der Waals surface area (Å²) in [6, 6.07) is 5.70. The number of hydrogen-bond acceptors (Lipinski definition) is 5. The van der Waals surface area contributed by atoms with Crippen LogP contribution in [0.25, 0.3) is 0 Å². The highest BCUT2D eigenvalue weighted by molar-refractivity contribution is 7.89. The van der Waals surface area contributed by atoms with Gasteiger partial charge in [0, 0.05) is 25.0 Å². The summed E-state index contributed by atoms with van der Waals surface area (Å²) < 4.78 is 31.9. The second-order valence-electron chi connectivity index (χ2n) is 6.78. The number of carboxylic acid groups (broad SMARTS) is 1. The number of carbonyl (C=O) groups is 2. The minimum Gasteiger partial charge on any atom is -0.497 e. The second kappa shape index (κ2) is 8.71. The number of methoxy groups -OCH3 is 1. The van der Waals surface area contributed by atoms with Crippen molar-refractivity contribution in [3.63, 3.8) is 0 Å². The number of piperidine rings is 1. The maximum Gasteiger partial charge on any atom is 0.308 e. The molecule has 150 valence electrons. The number of ether oxygens (including phenoxy) is 1. The van der Waals surface area contributed by atoms with Crippen LogP contribution < -0.4 is 10.1 Å². The van der Waals surface area contributed by atoms with Crippen LogP contribution in [0.5, 0.6) is 5.75 Å². The van der Waals surface area contributed by atoms with Crippen molar-refractivity contribution in [2.24, 2.45) is 11.8 Å². The van der Waals surface area contributed by atoms with Gasteiger partial charge >= 0.3 is 5.97 Å². The first-order valence-corrected chi connectivity index (χ1v) is 10.3. The number of amides is 1. The van der Waals surface area contributed by atoms with E-state index in [0.717, 1.165) is 0 Å². The number of benzene rings is 1. The summed E-state index contributed by atoms with van der Waals surface area (Å²) in [5.41, 5.74) is 0. The highest BCUT2D eigenvalue weighted by Crippen LogP contribution is 2.25. The Hall–Kier alpha value is -2.13. The molecule has 0 aromatic heterocycles. The Morgan fingerprint density at radius 1 is 1.19 bits per heavy atom. The monoisotopic (exact) mass is 398 g/mol. The Labute approximate surface area is 159 Å². The lowest BCUT2D eigenvalue weighted by Crippen LogP contribution is -2.47. The van der Waals surface area contributed by atoms with E-state index in [2.05, 4.69) is 5.32 Å². The minimum absolute atomic E-state index is 0.190. The van der Waals surface area contributed by atoms with Crippen molar-refractivity contribution in [2.75, 3.05) is 20.2 Å². The van der Waals surface area contributed by atoms with E-state index in [0.29, 0.717) is 18.6 Å². The van der Waals surface area contributed by atoms with E-state index >= 15 is 0 Å². The molecule has 1 aliphatic rings. The molecule has 8 nitrogen and oxygen atoms in total. The average Bonchev–Trinajstić information content (AvgIpc) is 2.67. The highest BCUT2D eigenvalue weighted by Gasteiger charge is 2.33. The average molecular weight is 398 g/mol. The van der Waals surface area contributed by atoms with Crippen LogP contribution in [0.4, 0.5) is 0 Å². The molecule has 27 heavy (non-hydrogen) atoms. The van der Waals surface area contributed by atoms with E-state index in [1.807, 2.05) is 0 Å². The largest absolute Gasteiger partial charge is 0.497 e. The van der Waals surface area contributed by atoms with Crippen LogP contribution in [0, 0.1) is 11.8 Å². The zero-order valence-corrected chi connectivity index (χ0v) is 16.5. The lowest BCUT2D eigenvalue weighted by atomic mass is 9.95. The van der Waals surface area contributed by atoms with Gasteiger partial charge in [-0.25, -0.2) is 8.42 Å². The van der Waals surface area contributed by atoms with Crippen molar-refractivity contribution in [1.82, 2.24) is 9.62 Å². The van der Waals surface area contributed by atoms with Crippen LogP contribution in [-0.4, -0.2) is 55.9 Å². The highest BCUT2D eigenvalue weighted by atomic mass is 32.2. The van der Waals surface area contributed by atoms with Crippen molar-refractivity contribution in [2.45, 2.75) is 37.6 Å². The first kappa shape index (κ1) is 21.2. The molecule has 9 heteroatoms. The number of aliphatic carboxylic acids is 1. The predicted molar refractivity (Wildman–Crippen MR) is 98.9 cm³/mol.